The molecule has 0 aromatic heterocycles. The molecule has 2 N–H and O–H groups in total. The number of rotatable bonds is 12. The van der Waals surface area contributed by atoms with Crippen molar-refractivity contribution in [2.45, 2.75) is 31.2 Å². The van der Waals surface area contributed by atoms with Crippen LogP contribution in [0.25, 0.3) is 0 Å². The number of Topliss-reactive ketones (excluding diaryl/α,β-unsaturated/α-hetero) is 1. The highest BCUT2D eigenvalue weighted by Gasteiger charge is 2.49. The van der Waals surface area contributed by atoms with Gasteiger partial charge in [-0.2, -0.15) is 0 Å². The molecule has 8 nitrogen and oxygen atoms in total. The van der Waals surface area contributed by atoms with Crippen LogP contribution >= 0.6 is 11.8 Å². The van der Waals surface area contributed by atoms with Crippen molar-refractivity contribution in [1.82, 2.24) is 5.32 Å². The van der Waals surface area contributed by atoms with Crippen LogP contribution < -0.4 is 15.0 Å². The topological polar surface area (TPSA) is 113 Å². The van der Waals surface area contributed by atoms with E-state index in [4.69, 9.17) is 4.74 Å². The maximum absolute atomic E-state index is 13.5. The van der Waals surface area contributed by atoms with Crippen LogP contribution in [0.2, 0.25) is 0 Å². The number of anilines is 1. The molecular weight excluding hydrogens is 554 g/mol. The maximum atomic E-state index is 13.5. The molecule has 3 aromatic carbocycles. The lowest BCUT2D eigenvalue weighted by atomic mass is 9.92. The predicted molar refractivity (Wildman–Crippen MR) is 150 cm³/mol. The first-order chi connectivity index (χ1) is 19.5. The highest BCUT2D eigenvalue weighted by atomic mass is 32.2. The number of halogens is 2. The van der Waals surface area contributed by atoms with Crippen LogP contribution in [0.15, 0.2) is 72.8 Å². The molecule has 11 heteroatoms. The molecule has 1 heterocycles. The zero-order valence-electron chi connectivity index (χ0n) is 22.3. The van der Waals surface area contributed by atoms with E-state index >= 15 is 0 Å². The van der Waals surface area contributed by atoms with Crippen molar-refractivity contribution in [3.8, 4) is 5.75 Å². The van der Waals surface area contributed by atoms with Gasteiger partial charge in [-0.15, -0.1) is 11.8 Å². The number of carbonyl (C=O) groups excluding carboxylic acids is 3. The normalized spacial score (nSPS) is 17.1. The van der Waals surface area contributed by atoms with Crippen molar-refractivity contribution >= 4 is 41.0 Å². The number of benzene rings is 3. The van der Waals surface area contributed by atoms with Gasteiger partial charge in [0.05, 0.1) is 11.8 Å². The Bertz CT molecular complexity index is 1410. The van der Waals surface area contributed by atoms with Crippen molar-refractivity contribution in [3.63, 3.8) is 0 Å². The largest absolute Gasteiger partial charge is 0.484 e. The summed E-state index contributed by atoms with van der Waals surface area (Å²) < 4.78 is 32.3. The number of ketones is 1. The van der Waals surface area contributed by atoms with E-state index < -0.39 is 40.8 Å². The highest BCUT2D eigenvalue weighted by Crippen LogP contribution is 2.45. The summed E-state index contributed by atoms with van der Waals surface area (Å²) in [5.41, 5.74) is 1.56. The lowest BCUT2D eigenvalue weighted by Gasteiger charge is -2.47. The van der Waals surface area contributed by atoms with Gasteiger partial charge in [-0.3, -0.25) is 14.4 Å². The van der Waals surface area contributed by atoms with Gasteiger partial charge < -0.3 is 20.1 Å². The molecule has 2 unspecified atom stereocenters. The SMILES string of the molecule is CC(C)[C@@H](NC(=O)COc1ccc(C2C(SCC(=O)c3ccc(F)cc3)C(=O)N2c2ccc(F)cc2)cc1)C(=O)O. The van der Waals surface area contributed by atoms with Crippen LogP contribution in [0.3, 0.4) is 0 Å². The summed E-state index contributed by atoms with van der Waals surface area (Å²) in [5.74, 6) is -3.04. The van der Waals surface area contributed by atoms with Crippen molar-refractivity contribution < 1.29 is 37.8 Å². The molecule has 0 radical (unpaired) electrons. The molecule has 2 amide bonds. The van der Waals surface area contributed by atoms with Crippen molar-refractivity contribution in [3.05, 3.63) is 95.6 Å². The number of carboxylic acid groups (broad SMARTS) is 1. The Kier molecular flexibility index (Phi) is 9.38. The Morgan fingerprint density at radius 3 is 2.10 bits per heavy atom. The molecule has 0 saturated carbocycles. The van der Waals surface area contributed by atoms with E-state index in [1.165, 1.54) is 65.2 Å². The molecule has 4 rings (SSSR count). The second-order valence-corrected chi connectivity index (χ2v) is 10.9. The Labute approximate surface area is 239 Å². The number of aliphatic carboxylic acids is 1. The average Bonchev–Trinajstić information content (AvgIpc) is 2.94. The van der Waals surface area contributed by atoms with Crippen LogP contribution in [0.4, 0.5) is 14.5 Å². The Morgan fingerprint density at radius 1 is 0.951 bits per heavy atom. The molecule has 0 spiro atoms. The van der Waals surface area contributed by atoms with E-state index in [1.54, 1.807) is 38.1 Å². The third kappa shape index (κ3) is 7.10. The van der Waals surface area contributed by atoms with Crippen LogP contribution in [-0.4, -0.2) is 52.3 Å². The second-order valence-electron chi connectivity index (χ2n) is 9.78. The van der Waals surface area contributed by atoms with E-state index in [2.05, 4.69) is 5.32 Å². The summed E-state index contributed by atoms with van der Waals surface area (Å²) in [7, 11) is 0. The monoisotopic (exact) mass is 582 g/mol. The number of amides is 2. The third-order valence-corrected chi connectivity index (χ3v) is 7.80. The number of hydrogen-bond acceptors (Lipinski definition) is 6. The number of nitrogens with zero attached hydrogens (tertiary/aromatic N) is 1. The van der Waals surface area contributed by atoms with Gasteiger partial charge in [0.25, 0.3) is 5.91 Å². The summed E-state index contributed by atoms with van der Waals surface area (Å²) in [4.78, 5) is 50.9. The number of thioether (sulfide) groups is 1. The third-order valence-electron chi connectivity index (χ3n) is 6.55. The minimum absolute atomic E-state index is 0.000181. The van der Waals surface area contributed by atoms with E-state index in [-0.39, 0.29) is 30.0 Å². The molecular formula is C30H28F2N2O6S. The zero-order chi connectivity index (χ0) is 29.7. The molecule has 214 valence electrons. The average molecular weight is 583 g/mol. The summed E-state index contributed by atoms with van der Waals surface area (Å²) in [6.45, 7) is 2.98. The van der Waals surface area contributed by atoms with Gasteiger partial charge in [0.1, 0.15) is 28.7 Å². The van der Waals surface area contributed by atoms with Crippen LogP contribution in [-0.2, 0) is 14.4 Å². The smallest absolute Gasteiger partial charge is 0.326 e. The molecule has 0 aliphatic carbocycles. The number of carbonyl (C=O) groups is 4. The van der Waals surface area contributed by atoms with Gasteiger partial charge in [0.15, 0.2) is 12.4 Å². The molecule has 3 aromatic rings. The van der Waals surface area contributed by atoms with Crippen molar-refractivity contribution in [2.24, 2.45) is 5.92 Å². The predicted octanol–water partition coefficient (Wildman–Crippen LogP) is 4.64. The fraction of sp³-hybridized carbons (Fsp3) is 0.267. The molecule has 0 bridgehead atoms. The number of carboxylic acids is 1. The van der Waals surface area contributed by atoms with Crippen LogP contribution in [0.1, 0.15) is 35.8 Å². The quantitative estimate of drug-likeness (QED) is 0.236. The summed E-state index contributed by atoms with van der Waals surface area (Å²) in [5, 5.41) is 11.1. The Morgan fingerprint density at radius 2 is 1.54 bits per heavy atom. The molecule has 1 saturated heterocycles. The minimum Gasteiger partial charge on any atom is -0.484 e. The van der Waals surface area contributed by atoms with Crippen LogP contribution in [0, 0.1) is 17.6 Å². The maximum Gasteiger partial charge on any atom is 0.326 e. The van der Waals surface area contributed by atoms with Gasteiger partial charge in [-0.25, -0.2) is 13.6 Å². The van der Waals surface area contributed by atoms with E-state index in [9.17, 15) is 33.1 Å². The molecule has 3 atom stereocenters. The highest BCUT2D eigenvalue weighted by molar-refractivity contribution is 8.01. The van der Waals surface area contributed by atoms with Crippen molar-refractivity contribution in [2.75, 3.05) is 17.3 Å². The van der Waals surface area contributed by atoms with E-state index in [0.29, 0.717) is 17.0 Å². The molecule has 41 heavy (non-hydrogen) atoms. The second kappa shape index (κ2) is 12.9. The summed E-state index contributed by atoms with van der Waals surface area (Å²) in [6.07, 6.45) is 0. The number of ether oxygens (including phenoxy) is 1. The molecule has 1 aliphatic heterocycles. The van der Waals surface area contributed by atoms with Gasteiger partial charge in [-0.05, 0) is 72.1 Å². The number of β-lactam (4-membered cyclic amide) rings is 1. The zero-order valence-corrected chi connectivity index (χ0v) is 23.1. The lowest BCUT2D eigenvalue weighted by Crippen LogP contribution is -2.57. The van der Waals surface area contributed by atoms with Gasteiger partial charge in [0, 0.05) is 11.3 Å². The minimum atomic E-state index is -1.13. The first kappa shape index (κ1) is 29.7. The molecule has 1 fully saturated rings. The Balaban J connectivity index is 1.46. The number of nitrogens with one attached hydrogen (secondary N) is 1. The van der Waals surface area contributed by atoms with Gasteiger partial charge in [0.2, 0.25) is 5.91 Å². The number of hydrogen-bond donors (Lipinski definition) is 2. The van der Waals surface area contributed by atoms with Gasteiger partial charge in [-0.1, -0.05) is 26.0 Å². The first-order valence-electron chi connectivity index (χ1n) is 12.8. The fourth-order valence-electron chi connectivity index (χ4n) is 4.36. The molecule has 1 aliphatic rings. The standard InChI is InChI=1S/C30H28F2N2O6S/c1-17(2)26(30(38)39)33-25(36)15-40-23-13-5-19(6-14-23)27-28(29(37)34(27)22-11-9-21(32)10-12-22)41-16-24(35)18-3-7-20(31)8-4-18/h3-14,17,26-28H,15-16H2,1-2H3,(H,33,36)(H,38,39)/t26-,27?,28?/m1/s1. The fourth-order valence-corrected chi connectivity index (χ4v) is 5.58. The van der Waals surface area contributed by atoms with Crippen LogP contribution in [0.5, 0.6) is 5.75 Å². The summed E-state index contributed by atoms with van der Waals surface area (Å²) >= 11 is 1.17. The first-order valence-corrected chi connectivity index (χ1v) is 13.8. The van der Waals surface area contributed by atoms with E-state index in [1.807, 2.05) is 0 Å². The van der Waals surface area contributed by atoms with Crippen molar-refractivity contribution in [1.29, 1.82) is 0 Å². The van der Waals surface area contributed by atoms with E-state index in [0.717, 1.165) is 5.56 Å². The Hall–Kier alpha value is -4.25. The van der Waals surface area contributed by atoms with Gasteiger partial charge >= 0.3 is 5.97 Å². The lowest BCUT2D eigenvalue weighted by molar-refractivity contribution is -0.143. The summed E-state index contributed by atoms with van der Waals surface area (Å²) in [6, 6.07) is 15.9.